The van der Waals surface area contributed by atoms with Crippen molar-refractivity contribution >= 4 is 17.3 Å². The summed E-state index contributed by atoms with van der Waals surface area (Å²) in [6.07, 6.45) is 3.82. The number of nitrogens with one attached hydrogen (secondary N) is 1. The summed E-state index contributed by atoms with van der Waals surface area (Å²) in [5.41, 5.74) is 1.96. The molecule has 1 aliphatic heterocycles. The maximum Gasteiger partial charge on any atom is 0.226 e. The standard InChI is InChI=1S/C15H22N2O2/c1-17(2)13-8-6-12(7-9-13)16-15(18)11-14-5-3-4-10-19-14/h6-9,14H,3-5,10-11H2,1-2H3,(H,16,18). The van der Waals surface area contributed by atoms with Gasteiger partial charge in [0.2, 0.25) is 5.91 Å². The maximum absolute atomic E-state index is 11.9. The van der Waals surface area contributed by atoms with Gasteiger partial charge in [-0.1, -0.05) is 0 Å². The number of amides is 1. The summed E-state index contributed by atoms with van der Waals surface area (Å²) in [5, 5.41) is 2.92. The summed E-state index contributed by atoms with van der Waals surface area (Å²) < 4.78 is 5.57. The fourth-order valence-electron chi connectivity index (χ4n) is 2.23. The lowest BCUT2D eigenvalue weighted by Gasteiger charge is -2.22. The van der Waals surface area contributed by atoms with Gasteiger partial charge in [0.1, 0.15) is 0 Å². The van der Waals surface area contributed by atoms with Gasteiger partial charge in [0.15, 0.2) is 0 Å². The monoisotopic (exact) mass is 262 g/mol. The van der Waals surface area contributed by atoms with Crippen LogP contribution in [0.25, 0.3) is 0 Å². The highest BCUT2D eigenvalue weighted by Crippen LogP contribution is 2.18. The van der Waals surface area contributed by atoms with Crippen molar-refractivity contribution < 1.29 is 9.53 Å². The Morgan fingerprint density at radius 1 is 1.32 bits per heavy atom. The van der Waals surface area contributed by atoms with Gasteiger partial charge in [-0.2, -0.15) is 0 Å². The van der Waals surface area contributed by atoms with Gasteiger partial charge in [0.25, 0.3) is 0 Å². The van der Waals surface area contributed by atoms with E-state index in [9.17, 15) is 4.79 Å². The van der Waals surface area contributed by atoms with Crippen molar-refractivity contribution in [3.63, 3.8) is 0 Å². The molecule has 0 aliphatic carbocycles. The number of nitrogens with zero attached hydrogens (tertiary/aromatic N) is 1. The molecule has 0 bridgehead atoms. The first-order chi connectivity index (χ1) is 9.15. The van der Waals surface area contributed by atoms with Gasteiger partial charge < -0.3 is 15.0 Å². The third-order valence-corrected chi connectivity index (χ3v) is 3.35. The highest BCUT2D eigenvalue weighted by molar-refractivity contribution is 5.91. The molecule has 0 saturated carbocycles. The number of carbonyl (C=O) groups excluding carboxylic acids is 1. The van der Waals surface area contributed by atoms with Crippen molar-refractivity contribution in [1.82, 2.24) is 0 Å². The predicted molar refractivity (Wildman–Crippen MR) is 77.6 cm³/mol. The minimum absolute atomic E-state index is 0.0319. The Morgan fingerprint density at radius 3 is 2.63 bits per heavy atom. The summed E-state index contributed by atoms with van der Waals surface area (Å²) in [6, 6.07) is 7.84. The zero-order chi connectivity index (χ0) is 13.7. The van der Waals surface area contributed by atoms with E-state index in [1.807, 2.05) is 43.3 Å². The average molecular weight is 262 g/mol. The number of hydrogen-bond donors (Lipinski definition) is 1. The summed E-state index contributed by atoms with van der Waals surface area (Å²) >= 11 is 0. The molecule has 1 saturated heterocycles. The number of ether oxygens (including phenoxy) is 1. The highest BCUT2D eigenvalue weighted by atomic mass is 16.5. The quantitative estimate of drug-likeness (QED) is 0.907. The largest absolute Gasteiger partial charge is 0.378 e. The lowest BCUT2D eigenvalue weighted by atomic mass is 10.1. The van der Waals surface area contributed by atoms with Crippen molar-refractivity contribution in [1.29, 1.82) is 0 Å². The molecular formula is C15H22N2O2. The van der Waals surface area contributed by atoms with Crippen LogP contribution in [0.15, 0.2) is 24.3 Å². The van der Waals surface area contributed by atoms with Gasteiger partial charge >= 0.3 is 0 Å². The molecule has 19 heavy (non-hydrogen) atoms. The molecule has 1 aromatic carbocycles. The summed E-state index contributed by atoms with van der Waals surface area (Å²) in [7, 11) is 3.99. The van der Waals surface area contributed by atoms with Crippen LogP contribution in [-0.4, -0.2) is 32.7 Å². The smallest absolute Gasteiger partial charge is 0.226 e. The second kappa shape index (κ2) is 6.57. The first-order valence-corrected chi connectivity index (χ1v) is 6.84. The Bertz CT molecular complexity index is 409. The minimum atomic E-state index is 0.0319. The minimum Gasteiger partial charge on any atom is -0.378 e. The maximum atomic E-state index is 11.9. The van der Waals surface area contributed by atoms with Gasteiger partial charge in [-0.25, -0.2) is 0 Å². The molecular weight excluding hydrogens is 240 g/mol. The second-order valence-corrected chi connectivity index (χ2v) is 5.18. The molecule has 2 rings (SSSR count). The molecule has 1 aromatic rings. The molecule has 1 N–H and O–H groups in total. The molecule has 104 valence electrons. The Kier molecular flexibility index (Phi) is 4.80. The van der Waals surface area contributed by atoms with E-state index in [0.717, 1.165) is 37.2 Å². The highest BCUT2D eigenvalue weighted by Gasteiger charge is 2.17. The van der Waals surface area contributed by atoms with Crippen LogP contribution in [0.3, 0.4) is 0 Å². The van der Waals surface area contributed by atoms with Crippen LogP contribution < -0.4 is 10.2 Å². The lowest BCUT2D eigenvalue weighted by molar-refractivity contribution is -0.119. The SMILES string of the molecule is CN(C)c1ccc(NC(=O)CC2CCCCO2)cc1. The van der Waals surface area contributed by atoms with E-state index in [2.05, 4.69) is 5.32 Å². The molecule has 4 nitrogen and oxygen atoms in total. The fraction of sp³-hybridized carbons (Fsp3) is 0.533. The van der Waals surface area contributed by atoms with E-state index in [-0.39, 0.29) is 12.0 Å². The van der Waals surface area contributed by atoms with Crippen LogP contribution in [0.4, 0.5) is 11.4 Å². The zero-order valence-corrected chi connectivity index (χ0v) is 11.7. The van der Waals surface area contributed by atoms with Gasteiger partial charge in [0.05, 0.1) is 12.5 Å². The van der Waals surface area contributed by atoms with Crippen molar-refractivity contribution in [2.75, 3.05) is 30.9 Å². The Morgan fingerprint density at radius 2 is 2.05 bits per heavy atom. The number of rotatable bonds is 4. The predicted octanol–water partition coefficient (Wildman–Crippen LogP) is 2.65. The van der Waals surface area contributed by atoms with Crippen LogP contribution in [0.2, 0.25) is 0 Å². The van der Waals surface area contributed by atoms with Crippen molar-refractivity contribution in [2.24, 2.45) is 0 Å². The number of carbonyl (C=O) groups is 1. The molecule has 1 atom stereocenters. The van der Waals surface area contributed by atoms with Crippen molar-refractivity contribution in [2.45, 2.75) is 31.8 Å². The molecule has 0 aromatic heterocycles. The van der Waals surface area contributed by atoms with Crippen molar-refractivity contribution in [3.8, 4) is 0 Å². The Labute approximate surface area is 114 Å². The zero-order valence-electron chi connectivity index (χ0n) is 11.7. The van der Waals surface area contributed by atoms with E-state index < -0.39 is 0 Å². The second-order valence-electron chi connectivity index (χ2n) is 5.18. The van der Waals surface area contributed by atoms with Gasteiger partial charge in [-0.15, -0.1) is 0 Å². The van der Waals surface area contributed by atoms with Gasteiger partial charge in [-0.05, 0) is 43.5 Å². The van der Waals surface area contributed by atoms with Gasteiger partial charge in [0, 0.05) is 32.1 Å². The third kappa shape index (κ3) is 4.24. The van der Waals surface area contributed by atoms with Crippen LogP contribution >= 0.6 is 0 Å². The van der Waals surface area contributed by atoms with Crippen LogP contribution in [0.5, 0.6) is 0 Å². The van der Waals surface area contributed by atoms with Crippen LogP contribution in [-0.2, 0) is 9.53 Å². The average Bonchev–Trinajstić information content (AvgIpc) is 2.40. The number of benzene rings is 1. The van der Waals surface area contributed by atoms with Crippen LogP contribution in [0, 0.1) is 0 Å². The Balaban J connectivity index is 1.84. The van der Waals surface area contributed by atoms with Gasteiger partial charge in [-0.3, -0.25) is 4.79 Å². The molecule has 0 spiro atoms. The molecule has 4 heteroatoms. The van der Waals surface area contributed by atoms with E-state index in [0.29, 0.717) is 6.42 Å². The van der Waals surface area contributed by atoms with E-state index >= 15 is 0 Å². The van der Waals surface area contributed by atoms with E-state index in [1.165, 1.54) is 0 Å². The number of hydrogen-bond acceptors (Lipinski definition) is 3. The first kappa shape index (κ1) is 13.9. The van der Waals surface area contributed by atoms with E-state index in [1.54, 1.807) is 0 Å². The topological polar surface area (TPSA) is 41.6 Å². The molecule has 0 radical (unpaired) electrons. The van der Waals surface area contributed by atoms with E-state index in [4.69, 9.17) is 4.74 Å². The molecule has 1 fully saturated rings. The molecule has 1 unspecified atom stereocenters. The molecule has 1 amide bonds. The lowest BCUT2D eigenvalue weighted by Crippen LogP contribution is -2.25. The summed E-state index contributed by atoms with van der Waals surface area (Å²) in [4.78, 5) is 13.9. The summed E-state index contributed by atoms with van der Waals surface area (Å²) in [5.74, 6) is 0.0319. The summed E-state index contributed by atoms with van der Waals surface area (Å²) in [6.45, 7) is 0.787. The Hall–Kier alpha value is -1.55. The molecule has 1 heterocycles. The first-order valence-electron chi connectivity index (χ1n) is 6.84. The fourth-order valence-corrected chi connectivity index (χ4v) is 2.23. The normalized spacial score (nSPS) is 18.9. The van der Waals surface area contributed by atoms with Crippen molar-refractivity contribution in [3.05, 3.63) is 24.3 Å². The van der Waals surface area contributed by atoms with Crippen LogP contribution in [0.1, 0.15) is 25.7 Å². The number of anilines is 2. The third-order valence-electron chi connectivity index (χ3n) is 3.35. The molecule has 1 aliphatic rings.